The summed E-state index contributed by atoms with van der Waals surface area (Å²) in [6, 6.07) is 6.88. The quantitative estimate of drug-likeness (QED) is 0.822. The number of sulfone groups is 1. The summed E-state index contributed by atoms with van der Waals surface area (Å²) >= 11 is 2.96. The van der Waals surface area contributed by atoms with Crippen LogP contribution in [-0.4, -0.2) is 30.8 Å². The predicted octanol–water partition coefficient (Wildman–Crippen LogP) is 2.67. The topological polar surface area (TPSA) is 72.0 Å². The molecule has 2 rings (SSSR count). The van der Waals surface area contributed by atoms with Crippen LogP contribution >= 0.6 is 23.3 Å². The lowest BCUT2D eigenvalue weighted by atomic mass is 10.4. The van der Waals surface area contributed by atoms with Crippen LogP contribution < -0.4 is 5.32 Å². The summed E-state index contributed by atoms with van der Waals surface area (Å²) in [4.78, 5) is 1.35. The average Bonchev–Trinajstić information content (AvgIpc) is 2.84. The number of aromatic nitrogens is 2. The Morgan fingerprint density at radius 2 is 2.00 bits per heavy atom. The SMILES string of the molecule is CCNc1snnc1CSc1ccc(S(C)(=O)=O)cc1. The predicted molar refractivity (Wildman–Crippen MR) is 83.2 cm³/mol. The van der Waals surface area contributed by atoms with Crippen LogP contribution in [0.5, 0.6) is 0 Å². The van der Waals surface area contributed by atoms with Crippen LogP contribution in [0.25, 0.3) is 0 Å². The highest BCUT2D eigenvalue weighted by atomic mass is 32.2. The minimum Gasteiger partial charge on any atom is -0.374 e. The lowest BCUT2D eigenvalue weighted by Crippen LogP contribution is -1.97. The first-order chi connectivity index (χ1) is 9.50. The molecule has 8 heteroatoms. The molecule has 0 radical (unpaired) electrons. The van der Waals surface area contributed by atoms with Crippen molar-refractivity contribution < 1.29 is 8.42 Å². The maximum Gasteiger partial charge on any atom is 0.175 e. The van der Waals surface area contributed by atoms with Crippen LogP contribution in [-0.2, 0) is 15.6 Å². The van der Waals surface area contributed by atoms with Crippen molar-refractivity contribution in [2.45, 2.75) is 22.5 Å². The van der Waals surface area contributed by atoms with Crippen LogP contribution in [0.2, 0.25) is 0 Å². The molecule has 0 spiro atoms. The lowest BCUT2D eigenvalue weighted by Gasteiger charge is -2.03. The van der Waals surface area contributed by atoms with Gasteiger partial charge in [-0.2, -0.15) is 0 Å². The van der Waals surface area contributed by atoms with Gasteiger partial charge in [0.25, 0.3) is 0 Å². The van der Waals surface area contributed by atoms with Crippen LogP contribution in [0, 0.1) is 0 Å². The molecule has 0 aliphatic carbocycles. The van der Waals surface area contributed by atoms with Crippen molar-refractivity contribution in [3.8, 4) is 0 Å². The summed E-state index contributed by atoms with van der Waals surface area (Å²) in [5, 5.41) is 8.31. The normalized spacial score (nSPS) is 11.5. The Balaban J connectivity index is 2.02. The number of hydrogen-bond acceptors (Lipinski definition) is 7. The summed E-state index contributed by atoms with van der Waals surface area (Å²) in [6.07, 6.45) is 1.21. The van der Waals surface area contributed by atoms with E-state index in [1.54, 1.807) is 23.9 Å². The second-order valence-corrected chi connectivity index (χ2v) is 7.93. The summed E-state index contributed by atoms with van der Waals surface area (Å²) < 4.78 is 26.7. The first-order valence-electron chi connectivity index (χ1n) is 5.98. The number of hydrogen-bond donors (Lipinski definition) is 1. The van der Waals surface area contributed by atoms with Gasteiger partial charge >= 0.3 is 0 Å². The molecule has 1 heterocycles. The fraction of sp³-hybridized carbons (Fsp3) is 0.333. The van der Waals surface area contributed by atoms with Gasteiger partial charge in [0.2, 0.25) is 0 Å². The lowest BCUT2D eigenvalue weighted by molar-refractivity contribution is 0.602. The Morgan fingerprint density at radius 1 is 1.30 bits per heavy atom. The fourth-order valence-electron chi connectivity index (χ4n) is 1.53. The van der Waals surface area contributed by atoms with Crippen molar-refractivity contribution >= 4 is 38.1 Å². The molecular weight excluding hydrogens is 314 g/mol. The molecular formula is C12H15N3O2S3. The van der Waals surface area contributed by atoms with Crippen molar-refractivity contribution in [2.75, 3.05) is 18.1 Å². The van der Waals surface area contributed by atoms with Gasteiger partial charge in [0, 0.05) is 35.0 Å². The smallest absolute Gasteiger partial charge is 0.175 e. The molecule has 0 saturated heterocycles. The van der Waals surface area contributed by atoms with Crippen molar-refractivity contribution in [1.82, 2.24) is 9.59 Å². The van der Waals surface area contributed by atoms with E-state index < -0.39 is 9.84 Å². The van der Waals surface area contributed by atoms with E-state index in [-0.39, 0.29) is 0 Å². The zero-order valence-electron chi connectivity index (χ0n) is 11.2. The molecule has 0 aliphatic heterocycles. The second kappa shape index (κ2) is 6.55. The number of rotatable bonds is 6. The molecule has 0 aliphatic rings. The maximum atomic E-state index is 11.4. The zero-order valence-corrected chi connectivity index (χ0v) is 13.6. The molecule has 0 unspecified atom stereocenters. The summed E-state index contributed by atoms with van der Waals surface area (Å²) in [5.41, 5.74) is 0.925. The molecule has 108 valence electrons. The summed E-state index contributed by atoms with van der Waals surface area (Å²) in [6.45, 7) is 2.87. The van der Waals surface area contributed by atoms with E-state index in [9.17, 15) is 8.42 Å². The van der Waals surface area contributed by atoms with E-state index in [1.165, 1.54) is 17.8 Å². The molecule has 0 bridgehead atoms. The minimum absolute atomic E-state index is 0.338. The largest absolute Gasteiger partial charge is 0.374 e. The summed E-state index contributed by atoms with van der Waals surface area (Å²) in [7, 11) is -3.13. The molecule has 0 amide bonds. The van der Waals surface area contributed by atoms with E-state index in [2.05, 4.69) is 14.9 Å². The third kappa shape index (κ3) is 3.94. The maximum absolute atomic E-state index is 11.4. The Bertz CT molecular complexity index is 666. The number of nitrogens with one attached hydrogen (secondary N) is 1. The standard InChI is InChI=1S/C12H15N3O2S3/c1-3-13-12-11(14-15-19-12)8-18-9-4-6-10(7-5-9)20(2,16)17/h4-7,13H,3,8H2,1-2H3. The van der Waals surface area contributed by atoms with E-state index >= 15 is 0 Å². The zero-order chi connectivity index (χ0) is 14.6. The van der Waals surface area contributed by atoms with Gasteiger partial charge in [0.15, 0.2) is 9.84 Å². The molecule has 0 fully saturated rings. The van der Waals surface area contributed by atoms with E-state index in [0.717, 1.165) is 22.1 Å². The van der Waals surface area contributed by atoms with Gasteiger partial charge in [-0.05, 0) is 31.2 Å². The molecule has 1 N–H and O–H groups in total. The minimum atomic E-state index is -3.13. The van der Waals surface area contributed by atoms with Crippen molar-refractivity contribution in [1.29, 1.82) is 0 Å². The highest BCUT2D eigenvalue weighted by Crippen LogP contribution is 2.27. The van der Waals surface area contributed by atoms with Crippen LogP contribution in [0.1, 0.15) is 12.6 Å². The third-order valence-corrected chi connectivity index (χ3v) is 5.40. The Labute approximate surface area is 126 Å². The van der Waals surface area contributed by atoms with Crippen LogP contribution in [0.3, 0.4) is 0 Å². The van der Waals surface area contributed by atoms with Crippen molar-refractivity contribution in [2.24, 2.45) is 0 Å². The first kappa shape index (κ1) is 15.3. The molecule has 0 saturated carbocycles. The first-order valence-corrected chi connectivity index (χ1v) is 9.63. The van der Waals surface area contributed by atoms with E-state index in [0.29, 0.717) is 10.6 Å². The van der Waals surface area contributed by atoms with Gasteiger partial charge in [-0.25, -0.2) is 8.42 Å². The molecule has 1 aromatic carbocycles. The van der Waals surface area contributed by atoms with Crippen LogP contribution in [0.4, 0.5) is 5.00 Å². The molecule has 5 nitrogen and oxygen atoms in total. The Morgan fingerprint density at radius 3 is 2.60 bits per heavy atom. The average molecular weight is 329 g/mol. The fourth-order valence-corrected chi connectivity index (χ4v) is 3.74. The Kier molecular flexibility index (Phi) is 5.00. The number of nitrogens with zero attached hydrogens (tertiary/aromatic N) is 2. The van der Waals surface area contributed by atoms with Crippen molar-refractivity contribution in [3.63, 3.8) is 0 Å². The molecule has 2 aromatic rings. The molecule has 20 heavy (non-hydrogen) atoms. The van der Waals surface area contributed by atoms with E-state index in [4.69, 9.17) is 0 Å². The molecule has 0 atom stereocenters. The third-order valence-electron chi connectivity index (χ3n) is 2.52. The van der Waals surface area contributed by atoms with Gasteiger partial charge in [0.05, 0.1) is 4.90 Å². The molecule has 1 aromatic heterocycles. The van der Waals surface area contributed by atoms with Crippen molar-refractivity contribution in [3.05, 3.63) is 30.0 Å². The number of thioether (sulfide) groups is 1. The van der Waals surface area contributed by atoms with Gasteiger partial charge in [-0.3, -0.25) is 0 Å². The Hall–Kier alpha value is -1.12. The second-order valence-electron chi connectivity index (χ2n) is 4.11. The van der Waals surface area contributed by atoms with Gasteiger partial charge in [-0.15, -0.1) is 16.9 Å². The van der Waals surface area contributed by atoms with E-state index in [1.807, 2.05) is 19.1 Å². The summed E-state index contributed by atoms with van der Waals surface area (Å²) in [5.74, 6) is 0.705. The van der Waals surface area contributed by atoms with Gasteiger partial charge in [0.1, 0.15) is 10.7 Å². The number of benzene rings is 1. The van der Waals surface area contributed by atoms with Gasteiger partial charge < -0.3 is 5.32 Å². The number of anilines is 1. The highest BCUT2D eigenvalue weighted by molar-refractivity contribution is 7.98. The monoisotopic (exact) mass is 329 g/mol. The van der Waals surface area contributed by atoms with Crippen LogP contribution in [0.15, 0.2) is 34.1 Å². The highest BCUT2D eigenvalue weighted by Gasteiger charge is 2.09. The van der Waals surface area contributed by atoms with Gasteiger partial charge in [-0.1, -0.05) is 4.49 Å².